The van der Waals surface area contributed by atoms with E-state index < -0.39 is 0 Å². The molecule has 1 aromatic heterocycles. The predicted octanol–water partition coefficient (Wildman–Crippen LogP) is 5.01. The Morgan fingerprint density at radius 3 is 2.83 bits per heavy atom. The first-order chi connectivity index (χ1) is 11.1. The topological polar surface area (TPSA) is 51.2 Å². The minimum atomic E-state index is 0.112. The average Bonchev–Trinajstić information content (AvgIpc) is 2.55. The van der Waals surface area contributed by atoms with Gasteiger partial charge in [-0.2, -0.15) is 0 Å². The number of nitrogens with one attached hydrogen (secondary N) is 1. The van der Waals surface area contributed by atoms with Crippen molar-refractivity contribution in [1.29, 1.82) is 0 Å². The summed E-state index contributed by atoms with van der Waals surface area (Å²) in [6, 6.07) is 1.90. The molecule has 1 saturated carbocycles. The fourth-order valence-electron chi connectivity index (χ4n) is 2.82. The van der Waals surface area contributed by atoms with Crippen LogP contribution in [0.5, 0.6) is 0 Å². The Kier molecular flexibility index (Phi) is 8.26. The number of rotatable bonds is 7. The second-order valence-corrected chi connectivity index (χ2v) is 8.10. The highest BCUT2D eigenvalue weighted by molar-refractivity contribution is 14.1. The van der Waals surface area contributed by atoms with E-state index in [4.69, 9.17) is 4.74 Å². The Morgan fingerprint density at radius 2 is 2.17 bits per heavy atom. The van der Waals surface area contributed by atoms with Gasteiger partial charge in [-0.3, -0.25) is 4.79 Å². The summed E-state index contributed by atoms with van der Waals surface area (Å²) in [7, 11) is 0. The number of unbranched alkanes of at least 4 members (excludes halogenated alkanes) is 1. The third-order valence-electron chi connectivity index (χ3n) is 4.29. The zero-order chi connectivity index (χ0) is 16.7. The number of carbonyl (C=O) groups excluding carboxylic acids is 1. The zero-order valence-electron chi connectivity index (χ0n) is 13.5. The fourth-order valence-corrected chi connectivity index (χ4v) is 4.15. The quantitative estimate of drug-likeness (QED) is 0.329. The van der Waals surface area contributed by atoms with Crippen LogP contribution in [0, 0.1) is 15.4 Å². The van der Waals surface area contributed by atoms with Crippen molar-refractivity contribution in [2.75, 3.05) is 18.5 Å². The van der Waals surface area contributed by atoms with E-state index in [0.717, 1.165) is 59.2 Å². The van der Waals surface area contributed by atoms with Crippen LogP contribution in [0.1, 0.15) is 45.4 Å². The molecule has 0 aromatic carbocycles. The number of pyridine rings is 1. The van der Waals surface area contributed by atoms with E-state index in [1.165, 1.54) is 6.42 Å². The summed E-state index contributed by atoms with van der Waals surface area (Å²) in [5.74, 6) is 0.851. The Labute approximate surface area is 160 Å². The van der Waals surface area contributed by atoms with E-state index >= 15 is 0 Å². The van der Waals surface area contributed by atoms with Crippen LogP contribution in [0.3, 0.4) is 0 Å². The Hall–Kier alpha value is -0.210. The molecule has 1 fully saturated rings. The molecule has 1 aliphatic rings. The standard InChI is InChI=1S/C17H24BrIN2O2/c1-2-3-8-23-11-12-4-6-13(7-5-12)17(22)21-15-10-20-16(18)9-14(15)19/h9-10,12-13H,2-8,11H2,1H3,(H,21,22). The van der Waals surface area contributed by atoms with Gasteiger partial charge in [-0.05, 0) is 82.6 Å². The summed E-state index contributed by atoms with van der Waals surface area (Å²) < 4.78 is 7.49. The second kappa shape index (κ2) is 9.93. The number of hydrogen-bond donors (Lipinski definition) is 1. The van der Waals surface area contributed by atoms with Gasteiger partial charge in [0, 0.05) is 22.7 Å². The number of hydrogen-bond acceptors (Lipinski definition) is 3. The van der Waals surface area contributed by atoms with Gasteiger partial charge >= 0.3 is 0 Å². The maximum absolute atomic E-state index is 12.4. The number of anilines is 1. The summed E-state index contributed by atoms with van der Waals surface area (Å²) in [5, 5.41) is 3.02. The van der Waals surface area contributed by atoms with Crippen molar-refractivity contribution in [3.63, 3.8) is 0 Å². The first-order valence-electron chi connectivity index (χ1n) is 8.29. The number of aromatic nitrogens is 1. The molecule has 1 aliphatic carbocycles. The molecule has 4 nitrogen and oxygen atoms in total. The lowest BCUT2D eigenvalue weighted by Gasteiger charge is -2.27. The third kappa shape index (κ3) is 6.31. The van der Waals surface area contributed by atoms with Crippen LogP contribution in [0.25, 0.3) is 0 Å². The van der Waals surface area contributed by atoms with E-state index in [0.29, 0.717) is 5.92 Å². The van der Waals surface area contributed by atoms with Crippen LogP contribution >= 0.6 is 38.5 Å². The summed E-state index contributed by atoms with van der Waals surface area (Å²) in [4.78, 5) is 16.6. The first kappa shape index (κ1) is 19.1. The van der Waals surface area contributed by atoms with Crippen LogP contribution < -0.4 is 5.32 Å². The third-order valence-corrected chi connectivity index (χ3v) is 5.62. The number of halogens is 2. The minimum absolute atomic E-state index is 0.112. The molecular formula is C17H24BrIN2O2. The van der Waals surface area contributed by atoms with Gasteiger partial charge in [0.25, 0.3) is 0 Å². The molecule has 6 heteroatoms. The fraction of sp³-hybridized carbons (Fsp3) is 0.647. The van der Waals surface area contributed by atoms with Crippen molar-refractivity contribution in [2.24, 2.45) is 11.8 Å². The lowest BCUT2D eigenvalue weighted by Crippen LogP contribution is -2.28. The van der Waals surface area contributed by atoms with Crippen molar-refractivity contribution in [3.8, 4) is 0 Å². The lowest BCUT2D eigenvalue weighted by molar-refractivity contribution is -0.121. The molecule has 23 heavy (non-hydrogen) atoms. The van der Waals surface area contributed by atoms with Crippen molar-refractivity contribution in [3.05, 3.63) is 20.4 Å². The van der Waals surface area contributed by atoms with Crippen LogP contribution in [-0.2, 0) is 9.53 Å². The van der Waals surface area contributed by atoms with Crippen molar-refractivity contribution < 1.29 is 9.53 Å². The first-order valence-corrected chi connectivity index (χ1v) is 10.2. The van der Waals surface area contributed by atoms with Gasteiger partial charge in [-0.25, -0.2) is 4.98 Å². The normalized spacial score (nSPS) is 21.2. The van der Waals surface area contributed by atoms with E-state index in [1.54, 1.807) is 6.20 Å². The molecule has 1 N–H and O–H groups in total. The highest BCUT2D eigenvalue weighted by Crippen LogP contribution is 2.30. The molecule has 0 atom stereocenters. The average molecular weight is 495 g/mol. The SMILES string of the molecule is CCCCOCC1CCC(C(=O)Nc2cnc(Br)cc2I)CC1. The molecule has 0 spiro atoms. The minimum Gasteiger partial charge on any atom is -0.381 e. The van der Waals surface area contributed by atoms with Gasteiger partial charge in [-0.1, -0.05) is 13.3 Å². The lowest BCUT2D eigenvalue weighted by atomic mass is 9.82. The Morgan fingerprint density at radius 1 is 1.43 bits per heavy atom. The molecule has 2 rings (SSSR count). The highest BCUT2D eigenvalue weighted by Gasteiger charge is 2.26. The van der Waals surface area contributed by atoms with Crippen LogP contribution in [0.15, 0.2) is 16.9 Å². The molecule has 1 heterocycles. The number of ether oxygens (including phenoxy) is 1. The molecule has 0 radical (unpaired) electrons. The molecule has 1 amide bonds. The van der Waals surface area contributed by atoms with Gasteiger partial charge < -0.3 is 10.1 Å². The van der Waals surface area contributed by atoms with Crippen molar-refractivity contribution in [2.45, 2.75) is 45.4 Å². The van der Waals surface area contributed by atoms with Gasteiger partial charge in [0.15, 0.2) is 0 Å². The second-order valence-electron chi connectivity index (χ2n) is 6.12. The van der Waals surface area contributed by atoms with Crippen molar-refractivity contribution in [1.82, 2.24) is 4.98 Å². The monoisotopic (exact) mass is 494 g/mol. The van der Waals surface area contributed by atoms with Gasteiger partial charge in [-0.15, -0.1) is 0 Å². The molecule has 128 valence electrons. The highest BCUT2D eigenvalue weighted by atomic mass is 127. The van der Waals surface area contributed by atoms with Gasteiger partial charge in [0.1, 0.15) is 4.60 Å². The summed E-state index contributed by atoms with van der Waals surface area (Å²) in [6.45, 7) is 3.89. The molecule has 0 aliphatic heterocycles. The number of amides is 1. The van der Waals surface area contributed by atoms with E-state index in [1.807, 2.05) is 6.07 Å². The van der Waals surface area contributed by atoms with E-state index in [9.17, 15) is 4.79 Å². The Bertz CT molecular complexity index is 519. The smallest absolute Gasteiger partial charge is 0.227 e. The maximum atomic E-state index is 12.4. The summed E-state index contributed by atoms with van der Waals surface area (Å²) in [5.41, 5.74) is 0.795. The molecule has 1 aromatic rings. The van der Waals surface area contributed by atoms with Gasteiger partial charge in [0.05, 0.1) is 11.9 Å². The van der Waals surface area contributed by atoms with Crippen LogP contribution in [0.2, 0.25) is 0 Å². The van der Waals surface area contributed by atoms with Crippen molar-refractivity contribution >= 4 is 50.1 Å². The number of nitrogens with zero attached hydrogens (tertiary/aromatic N) is 1. The Balaban J connectivity index is 1.75. The van der Waals surface area contributed by atoms with E-state index in [-0.39, 0.29) is 11.8 Å². The molecular weight excluding hydrogens is 471 g/mol. The predicted molar refractivity (Wildman–Crippen MR) is 104 cm³/mol. The molecule has 0 saturated heterocycles. The van der Waals surface area contributed by atoms with E-state index in [2.05, 4.69) is 55.7 Å². The zero-order valence-corrected chi connectivity index (χ0v) is 17.2. The van der Waals surface area contributed by atoms with Crippen LogP contribution in [-0.4, -0.2) is 24.1 Å². The largest absolute Gasteiger partial charge is 0.381 e. The maximum Gasteiger partial charge on any atom is 0.227 e. The summed E-state index contributed by atoms with van der Waals surface area (Å²) >= 11 is 5.55. The van der Waals surface area contributed by atoms with Crippen LogP contribution in [0.4, 0.5) is 5.69 Å². The number of carbonyl (C=O) groups is 1. The summed E-state index contributed by atoms with van der Waals surface area (Å²) in [6.07, 6.45) is 8.09. The van der Waals surface area contributed by atoms with Gasteiger partial charge in [0.2, 0.25) is 5.91 Å². The molecule has 0 unspecified atom stereocenters. The molecule has 0 bridgehead atoms.